The van der Waals surface area contributed by atoms with Crippen molar-refractivity contribution in [1.82, 2.24) is 24.6 Å². The summed E-state index contributed by atoms with van der Waals surface area (Å²) in [7, 11) is -3.48. The zero-order chi connectivity index (χ0) is 30.4. The number of para-hydroxylation sites is 1. The number of aliphatic carboxylic acids is 2. The van der Waals surface area contributed by atoms with Crippen molar-refractivity contribution >= 4 is 42.4 Å². The molecular formula is C25H33N6O9P. The van der Waals surface area contributed by atoms with Crippen molar-refractivity contribution < 1.29 is 43.2 Å². The van der Waals surface area contributed by atoms with Crippen LogP contribution in [0.3, 0.4) is 0 Å². The van der Waals surface area contributed by atoms with Crippen molar-refractivity contribution in [3.8, 4) is 5.75 Å². The number of hydrogen-bond donors (Lipinski definition) is 4. The predicted molar refractivity (Wildman–Crippen MR) is 148 cm³/mol. The van der Waals surface area contributed by atoms with Gasteiger partial charge in [-0.3, -0.25) is 9.36 Å². The molecule has 15 nitrogen and oxygen atoms in total. The number of nitrogens with two attached hydrogens (primary N) is 1. The summed E-state index contributed by atoms with van der Waals surface area (Å²) >= 11 is 0. The lowest BCUT2D eigenvalue weighted by molar-refractivity contribution is -0.147. The van der Waals surface area contributed by atoms with E-state index in [0.717, 1.165) is 0 Å². The van der Waals surface area contributed by atoms with Gasteiger partial charge in [0.05, 0.1) is 31.5 Å². The molecule has 0 radical (unpaired) electrons. The fourth-order valence-corrected chi connectivity index (χ4v) is 4.71. The van der Waals surface area contributed by atoms with Crippen molar-refractivity contribution in [3.05, 3.63) is 55.1 Å². The molecule has 1 aromatic carbocycles. The molecular weight excluding hydrogens is 559 g/mol. The number of aromatic nitrogens is 4. The second kappa shape index (κ2) is 16.1. The van der Waals surface area contributed by atoms with Crippen LogP contribution in [0, 0.1) is 0 Å². The number of carbonyl (C=O) groups is 3. The summed E-state index contributed by atoms with van der Waals surface area (Å²) in [5, 5.41) is 18.5. The number of benzene rings is 1. The van der Waals surface area contributed by atoms with Gasteiger partial charge in [0, 0.05) is 18.7 Å². The lowest BCUT2D eigenvalue weighted by Gasteiger charge is -2.23. The van der Waals surface area contributed by atoms with Crippen LogP contribution in [0.2, 0.25) is 0 Å². The molecule has 0 amide bonds. The van der Waals surface area contributed by atoms with Gasteiger partial charge in [0.25, 0.3) is 0 Å². The molecule has 2 heterocycles. The summed E-state index contributed by atoms with van der Waals surface area (Å²) in [6.45, 7) is 5.90. The van der Waals surface area contributed by atoms with E-state index in [2.05, 4.69) is 20.0 Å². The van der Waals surface area contributed by atoms with Crippen LogP contribution >= 0.6 is 7.52 Å². The Hall–Kier alpha value is -4.33. The Morgan fingerprint density at radius 2 is 1.73 bits per heavy atom. The average molecular weight is 593 g/mol. The van der Waals surface area contributed by atoms with Crippen molar-refractivity contribution in [2.24, 2.45) is 0 Å². The number of nitrogens with zero attached hydrogens (tertiary/aromatic N) is 4. The van der Waals surface area contributed by atoms with E-state index in [1.165, 1.54) is 6.33 Å². The quantitative estimate of drug-likeness (QED) is 0.120. The van der Waals surface area contributed by atoms with E-state index in [1.54, 1.807) is 49.0 Å². The summed E-state index contributed by atoms with van der Waals surface area (Å²) in [4.78, 5) is 43.3. The minimum absolute atomic E-state index is 0.0536. The Labute approximate surface area is 235 Å². The molecule has 16 heteroatoms. The highest BCUT2D eigenvalue weighted by molar-refractivity contribution is 7.57. The van der Waals surface area contributed by atoms with Crippen LogP contribution in [0.5, 0.6) is 5.75 Å². The van der Waals surface area contributed by atoms with E-state index < -0.39 is 19.5 Å². The van der Waals surface area contributed by atoms with Crippen LogP contribution in [0.1, 0.15) is 27.2 Å². The van der Waals surface area contributed by atoms with Gasteiger partial charge in [-0.05, 0) is 32.9 Å². The molecule has 222 valence electrons. The fourth-order valence-electron chi connectivity index (χ4n) is 3.14. The predicted octanol–water partition coefficient (Wildman–Crippen LogP) is 2.69. The highest BCUT2D eigenvalue weighted by atomic mass is 31.2. The molecule has 0 saturated heterocycles. The average Bonchev–Trinajstić information content (AvgIpc) is 3.31. The van der Waals surface area contributed by atoms with Gasteiger partial charge in [-0.25, -0.2) is 29.6 Å². The summed E-state index contributed by atoms with van der Waals surface area (Å²) in [5.41, 5.74) is 6.93. The zero-order valence-electron chi connectivity index (χ0n) is 22.7. The maximum atomic E-state index is 13.5. The van der Waals surface area contributed by atoms with Gasteiger partial charge in [-0.2, -0.15) is 0 Å². The maximum Gasteiger partial charge on any atom is 0.341 e. The number of anilines is 1. The van der Waals surface area contributed by atoms with E-state index in [-0.39, 0.29) is 37.5 Å². The van der Waals surface area contributed by atoms with Gasteiger partial charge in [0.2, 0.25) is 0 Å². The standard InChI is InChI=1S/C21H29N6O5P.C4H4O4/c1-15(2)31-18(28)9-10-26-33(29,32-17-7-5-4-6-8-17)14-30-16(3)11-27-13-25-19-20(22)23-12-24-21(19)27;5-3(6)1-2-4(7)8/h4-8,12-13,15-16H,9-11,14H2,1-3H3,(H,26,29)(H2,22,23,24);1-2H,(H,5,6)(H,7,8)/b;2-1+/t16-,33+;/m1./s1. The van der Waals surface area contributed by atoms with E-state index >= 15 is 0 Å². The first kappa shape index (κ1) is 32.9. The number of hydrogen-bond acceptors (Lipinski definition) is 11. The summed E-state index contributed by atoms with van der Waals surface area (Å²) in [5.74, 6) is -2.17. The van der Waals surface area contributed by atoms with Crippen LogP contribution < -0.4 is 15.3 Å². The molecule has 0 spiro atoms. The summed E-state index contributed by atoms with van der Waals surface area (Å²) < 4.78 is 32.0. The molecule has 0 bridgehead atoms. The van der Waals surface area contributed by atoms with Gasteiger partial charge < -0.3 is 34.5 Å². The number of nitrogens with one attached hydrogen (secondary N) is 1. The molecule has 3 aromatic rings. The highest BCUT2D eigenvalue weighted by Gasteiger charge is 2.27. The van der Waals surface area contributed by atoms with Gasteiger partial charge >= 0.3 is 25.4 Å². The van der Waals surface area contributed by atoms with Crippen LogP contribution in [0.25, 0.3) is 11.2 Å². The van der Waals surface area contributed by atoms with Gasteiger partial charge in [-0.15, -0.1) is 0 Å². The molecule has 0 unspecified atom stereocenters. The van der Waals surface area contributed by atoms with Gasteiger partial charge in [-0.1, -0.05) is 18.2 Å². The SMILES string of the molecule is CC(C)OC(=O)CCN[P@](=O)(CO[C@H](C)Cn1cnc2c(N)ncnc21)Oc1ccccc1.O=C(O)/C=C/C(=O)O. The number of imidazole rings is 1. The highest BCUT2D eigenvalue weighted by Crippen LogP contribution is 2.43. The fraction of sp³-hybridized carbons (Fsp3) is 0.360. The van der Waals surface area contributed by atoms with Crippen molar-refractivity contribution in [2.75, 3.05) is 18.6 Å². The monoisotopic (exact) mass is 592 g/mol. The van der Waals surface area contributed by atoms with Crippen LogP contribution in [0.4, 0.5) is 5.82 Å². The van der Waals surface area contributed by atoms with E-state index in [1.807, 2.05) is 13.0 Å². The number of rotatable bonds is 14. The largest absolute Gasteiger partial charge is 0.478 e. The third-order valence-electron chi connectivity index (χ3n) is 4.83. The van der Waals surface area contributed by atoms with Crippen LogP contribution in [-0.4, -0.2) is 72.7 Å². The number of carbonyl (C=O) groups excluding carboxylic acids is 1. The second-order valence-electron chi connectivity index (χ2n) is 8.72. The van der Waals surface area contributed by atoms with Crippen LogP contribution in [-0.2, 0) is 35.0 Å². The molecule has 0 saturated carbocycles. The Kier molecular flexibility index (Phi) is 12.9. The van der Waals surface area contributed by atoms with Crippen molar-refractivity contribution in [2.45, 2.75) is 45.9 Å². The molecule has 2 atom stereocenters. The molecule has 0 aliphatic carbocycles. The van der Waals surface area contributed by atoms with Gasteiger partial charge in [0.15, 0.2) is 11.5 Å². The minimum Gasteiger partial charge on any atom is -0.478 e. The molecule has 0 fully saturated rings. The van der Waals surface area contributed by atoms with E-state index in [0.29, 0.717) is 41.4 Å². The third-order valence-corrected chi connectivity index (χ3v) is 6.53. The van der Waals surface area contributed by atoms with Crippen molar-refractivity contribution in [1.29, 1.82) is 0 Å². The van der Waals surface area contributed by atoms with Crippen LogP contribution in [0.15, 0.2) is 55.1 Å². The summed E-state index contributed by atoms with van der Waals surface area (Å²) in [6.07, 6.45) is 3.38. The Balaban J connectivity index is 0.000000642. The first-order chi connectivity index (χ1) is 19.4. The molecule has 3 rings (SSSR count). The lowest BCUT2D eigenvalue weighted by Crippen LogP contribution is -2.25. The number of ether oxygens (including phenoxy) is 2. The molecule has 0 aliphatic rings. The van der Waals surface area contributed by atoms with Crippen molar-refractivity contribution in [3.63, 3.8) is 0 Å². The number of esters is 1. The number of carboxylic acids is 2. The van der Waals surface area contributed by atoms with E-state index in [9.17, 15) is 18.9 Å². The second-order valence-corrected chi connectivity index (χ2v) is 10.8. The van der Waals surface area contributed by atoms with Gasteiger partial charge in [0.1, 0.15) is 23.9 Å². The minimum atomic E-state index is -3.48. The number of fused-ring (bicyclic) bond motifs is 1. The molecule has 41 heavy (non-hydrogen) atoms. The number of nitrogen functional groups attached to an aromatic ring is 1. The molecule has 5 N–H and O–H groups in total. The normalized spacial score (nSPS) is 13.3. The molecule has 2 aromatic heterocycles. The lowest BCUT2D eigenvalue weighted by atomic mass is 10.3. The third kappa shape index (κ3) is 12.2. The zero-order valence-corrected chi connectivity index (χ0v) is 23.6. The number of carboxylic acid groups (broad SMARTS) is 2. The maximum absolute atomic E-state index is 13.5. The molecule has 0 aliphatic heterocycles. The summed E-state index contributed by atoms with van der Waals surface area (Å²) in [6, 6.07) is 8.79. The Bertz CT molecular complexity index is 1360. The topological polar surface area (TPSA) is 218 Å². The van der Waals surface area contributed by atoms with E-state index in [4.69, 9.17) is 29.9 Å². The Morgan fingerprint density at radius 3 is 2.34 bits per heavy atom. The smallest absolute Gasteiger partial charge is 0.341 e. The first-order valence-corrected chi connectivity index (χ1v) is 14.1. The first-order valence-electron chi connectivity index (χ1n) is 12.3. The Morgan fingerprint density at radius 1 is 1.07 bits per heavy atom.